The summed E-state index contributed by atoms with van der Waals surface area (Å²) < 4.78 is 11.3. The van der Waals surface area contributed by atoms with Crippen molar-refractivity contribution in [3.05, 3.63) is 11.6 Å². The molecule has 2 aliphatic heterocycles. The first-order chi connectivity index (χ1) is 10.2. The zero-order valence-corrected chi connectivity index (χ0v) is 13.1. The van der Waals surface area contributed by atoms with Gasteiger partial charge in [0.2, 0.25) is 0 Å². The third-order valence-corrected chi connectivity index (χ3v) is 4.64. The van der Waals surface area contributed by atoms with Gasteiger partial charge < -0.3 is 14.4 Å². The van der Waals surface area contributed by atoms with Crippen molar-refractivity contribution in [1.29, 1.82) is 0 Å². The molecule has 0 radical (unpaired) electrons. The molecule has 1 amide bonds. The molecule has 2 aliphatic rings. The largest absolute Gasteiger partial charge is 0.374 e. The summed E-state index contributed by atoms with van der Waals surface area (Å²) in [4.78, 5) is 21.0. The van der Waals surface area contributed by atoms with E-state index in [2.05, 4.69) is 16.9 Å². The minimum Gasteiger partial charge on any atom is -0.374 e. The van der Waals surface area contributed by atoms with Crippen LogP contribution < -0.4 is 4.90 Å². The molecule has 6 nitrogen and oxygen atoms in total. The molecule has 0 aliphatic carbocycles. The van der Waals surface area contributed by atoms with Crippen LogP contribution in [0.5, 0.6) is 0 Å². The molecule has 0 bridgehead atoms. The van der Waals surface area contributed by atoms with E-state index in [9.17, 15) is 4.79 Å². The topological polar surface area (TPSA) is 54.9 Å². The molecule has 21 heavy (non-hydrogen) atoms. The van der Waals surface area contributed by atoms with Gasteiger partial charge in [0, 0.05) is 31.3 Å². The predicted molar refractivity (Wildman–Crippen MR) is 80.7 cm³/mol. The number of nitrogens with zero attached hydrogens (tertiary/aromatic N) is 3. The van der Waals surface area contributed by atoms with Gasteiger partial charge in [-0.25, -0.2) is 4.98 Å². The van der Waals surface area contributed by atoms with Crippen molar-refractivity contribution < 1.29 is 14.3 Å². The lowest BCUT2D eigenvalue weighted by molar-refractivity contribution is -0.128. The molecular formula is C14H21N3O3S. The van der Waals surface area contributed by atoms with Crippen LogP contribution in [0.3, 0.4) is 0 Å². The van der Waals surface area contributed by atoms with Crippen molar-refractivity contribution in [3.8, 4) is 0 Å². The summed E-state index contributed by atoms with van der Waals surface area (Å²) in [7, 11) is 2.07. The van der Waals surface area contributed by atoms with E-state index in [1.807, 2.05) is 5.38 Å². The molecule has 3 heterocycles. The number of amides is 1. The Labute approximate surface area is 128 Å². The van der Waals surface area contributed by atoms with Gasteiger partial charge in [0.25, 0.3) is 5.91 Å². The van der Waals surface area contributed by atoms with E-state index in [0.29, 0.717) is 19.8 Å². The van der Waals surface area contributed by atoms with Gasteiger partial charge in [-0.2, -0.15) is 0 Å². The molecule has 3 rings (SSSR count). The molecular weight excluding hydrogens is 290 g/mol. The second-order valence-electron chi connectivity index (χ2n) is 5.52. The van der Waals surface area contributed by atoms with Gasteiger partial charge in [-0.1, -0.05) is 0 Å². The molecule has 0 unspecified atom stereocenters. The summed E-state index contributed by atoms with van der Waals surface area (Å²) in [6, 6.07) is 0. The highest BCUT2D eigenvalue weighted by Gasteiger charge is 2.32. The van der Waals surface area contributed by atoms with Crippen molar-refractivity contribution in [2.24, 2.45) is 0 Å². The zero-order chi connectivity index (χ0) is 14.7. The number of aromatic nitrogens is 1. The van der Waals surface area contributed by atoms with Gasteiger partial charge in [0.05, 0.1) is 19.3 Å². The molecule has 0 N–H and O–H groups in total. The molecule has 0 saturated carbocycles. The summed E-state index contributed by atoms with van der Waals surface area (Å²) in [5.41, 5.74) is 0. The summed E-state index contributed by atoms with van der Waals surface area (Å²) in [5.74, 6) is 0.0132. The number of hydrogen-bond acceptors (Lipinski definition) is 6. The quantitative estimate of drug-likeness (QED) is 0.830. The lowest BCUT2D eigenvalue weighted by Gasteiger charge is -2.33. The average molecular weight is 311 g/mol. The number of hydrogen-bond donors (Lipinski definition) is 0. The van der Waals surface area contributed by atoms with E-state index in [-0.39, 0.29) is 18.1 Å². The average Bonchev–Trinajstić information content (AvgIpc) is 3.17. The molecule has 2 saturated heterocycles. The van der Waals surface area contributed by atoms with Gasteiger partial charge in [-0.3, -0.25) is 9.69 Å². The predicted octanol–water partition coefficient (Wildman–Crippen LogP) is 0.986. The Morgan fingerprint density at radius 1 is 1.52 bits per heavy atom. The number of likely N-dealkylation sites (N-methyl/N-ethyl adjacent to an activating group) is 1. The number of rotatable bonds is 4. The van der Waals surface area contributed by atoms with Crippen molar-refractivity contribution >= 4 is 22.4 Å². The number of thiazole rings is 1. The van der Waals surface area contributed by atoms with Gasteiger partial charge >= 0.3 is 0 Å². The first kappa shape index (κ1) is 14.9. The van der Waals surface area contributed by atoms with Crippen LogP contribution in [-0.2, 0) is 14.3 Å². The van der Waals surface area contributed by atoms with Crippen LogP contribution >= 0.6 is 11.3 Å². The Balaban J connectivity index is 1.71. The number of ether oxygens (including phenoxy) is 2. The number of carbonyl (C=O) groups excluding carboxylic acids is 1. The summed E-state index contributed by atoms with van der Waals surface area (Å²) in [5, 5.41) is 2.62. The van der Waals surface area contributed by atoms with E-state index in [0.717, 1.165) is 31.1 Å². The monoisotopic (exact) mass is 311 g/mol. The zero-order valence-electron chi connectivity index (χ0n) is 12.2. The highest BCUT2D eigenvalue weighted by Crippen LogP contribution is 2.23. The molecule has 116 valence electrons. The first-order valence-corrected chi connectivity index (χ1v) is 8.24. The van der Waals surface area contributed by atoms with Gasteiger partial charge in [-0.05, 0) is 19.9 Å². The number of morpholine rings is 1. The summed E-state index contributed by atoms with van der Waals surface area (Å²) in [6.45, 7) is 3.69. The summed E-state index contributed by atoms with van der Waals surface area (Å²) >= 11 is 1.48. The molecule has 0 aromatic carbocycles. The van der Waals surface area contributed by atoms with Crippen molar-refractivity contribution in [2.75, 3.05) is 44.8 Å². The SMILES string of the molecule is CN1CCO[C@H](CN(C(=O)[C@@H]2CCCO2)c2nccs2)C1. The van der Waals surface area contributed by atoms with Crippen LogP contribution in [0.25, 0.3) is 0 Å². The second kappa shape index (κ2) is 6.83. The number of anilines is 1. The van der Waals surface area contributed by atoms with Gasteiger partial charge in [0.15, 0.2) is 5.13 Å². The van der Waals surface area contributed by atoms with E-state index in [4.69, 9.17) is 9.47 Å². The lowest BCUT2D eigenvalue weighted by atomic mass is 10.2. The second-order valence-corrected chi connectivity index (χ2v) is 6.39. The molecule has 1 aromatic heterocycles. The van der Waals surface area contributed by atoms with Crippen molar-refractivity contribution in [3.63, 3.8) is 0 Å². The maximum atomic E-state index is 12.7. The van der Waals surface area contributed by atoms with Crippen LogP contribution in [0.4, 0.5) is 5.13 Å². The van der Waals surface area contributed by atoms with Crippen molar-refractivity contribution in [1.82, 2.24) is 9.88 Å². The fraction of sp³-hybridized carbons (Fsp3) is 0.714. The Hall–Kier alpha value is -1.02. The van der Waals surface area contributed by atoms with Crippen LogP contribution in [0.15, 0.2) is 11.6 Å². The van der Waals surface area contributed by atoms with Crippen LogP contribution in [-0.4, -0.2) is 67.9 Å². The van der Waals surface area contributed by atoms with Gasteiger partial charge in [0.1, 0.15) is 6.10 Å². The van der Waals surface area contributed by atoms with Crippen LogP contribution in [0.2, 0.25) is 0 Å². The Morgan fingerprint density at radius 3 is 3.10 bits per heavy atom. The molecule has 1 aromatic rings. The highest BCUT2D eigenvalue weighted by atomic mass is 32.1. The van der Waals surface area contributed by atoms with Crippen LogP contribution in [0.1, 0.15) is 12.8 Å². The minimum atomic E-state index is -0.324. The van der Waals surface area contributed by atoms with Crippen molar-refractivity contribution in [2.45, 2.75) is 25.0 Å². The Morgan fingerprint density at radius 2 is 2.43 bits per heavy atom. The Kier molecular flexibility index (Phi) is 4.84. The standard InChI is InChI=1S/C14H21N3O3S/c1-16-5-7-19-11(9-16)10-17(14-15-4-8-21-14)13(18)12-3-2-6-20-12/h4,8,11-12H,2-3,5-7,9-10H2,1H3/t11-,12-/m0/s1. The fourth-order valence-electron chi connectivity index (χ4n) is 2.74. The van der Waals surface area contributed by atoms with Crippen LogP contribution in [0, 0.1) is 0 Å². The number of carbonyl (C=O) groups is 1. The maximum absolute atomic E-state index is 12.7. The fourth-order valence-corrected chi connectivity index (χ4v) is 3.40. The first-order valence-electron chi connectivity index (χ1n) is 7.36. The van der Waals surface area contributed by atoms with E-state index < -0.39 is 0 Å². The third-order valence-electron chi connectivity index (χ3n) is 3.85. The lowest BCUT2D eigenvalue weighted by Crippen LogP contribution is -2.49. The normalized spacial score (nSPS) is 26.9. The van der Waals surface area contributed by atoms with E-state index in [1.54, 1.807) is 11.1 Å². The molecule has 2 atom stereocenters. The highest BCUT2D eigenvalue weighted by molar-refractivity contribution is 7.13. The maximum Gasteiger partial charge on any atom is 0.257 e. The smallest absolute Gasteiger partial charge is 0.257 e. The molecule has 0 spiro atoms. The Bertz CT molecular complexity index is 462. The molecule has 7 heteroatoms. The third kappa shape index (κ3) is 3.60. The molecule has 2 fully saturated rings. The van der Waals surface area contributed by atoms with Gasteiger partial charge in [-0.15, -0.1) is 11.3 Å². The minimum absolute atomic E-state index is 0.0132. The van der Waals surface area contributed by atoms with E-state index >= 15 is 0 Å². The van der Waals surface area contributed by atoms with E-state index in [1.165, 1.54) is 11.3 Å². The summed E-state index contributed by atoms with van der Waals surface area (Å²) in [6.07, 6.45) is 3.17.